The summed E-state index contributed by atoms with van der Waals surface area (Å²) in [5.41, 5.74) is 2.30. The van der Waals surface area contributed by atoms with Crippen molar-refractivity contribution in [2.45, 2.75) is 13.3 Å². The number of amides is 1. The normalized spacial score (nSPS) is 14.8. The van der Waals surface area contributed by atoms with E-state index in [-0.39, 0.29) is 19.1 Å². The van der Waals surface area contributed by atoms with E-state index in [9.17, 15) is 9.90 Å². The van der Waals surface area contributed by atoms with Crippen LogP contribution >= 0.6 is 23.2 Å². The molecule has 2 aromatic carbocycles. The third-order valence-electron chi connectivity index (χ3n) is 5.70. The van der Waals surface area contributed by atoms with Gasteiger partial charge in [0.05, 0.1) is 22.8 Å². The number of rotatable bonds is 7. The van der Waals surface area contributed by atoms with Gasteiger partial charge in [0, 0.05) is 42.3 Å². The maximum absolute atomic E-state index is 12.4. The minimum Gasteiger partial charge on any atom is -0.482 e. The summed E-state index contributed by atoms with van der Waals surface area (Å²) in [6, 6.07) is 10.4. The van der Waals surface area contributed by atoms with E-state index >= 15 is 0 Å². The van der Waals surface area contributed by atoms with Crippen LogP contribution < -0.4 is 15.0 Å². The summed E-state index contributed by atoms with van der Waals surface area (Å²) < 4.78 is 5.50. The molecule has 34 heavy (non-hydrogen) atoms. The van der Waals surface area contributed by atoms with Gasteiger partial charge in [-0.3, -0.25) is 9.69 Å². The van der Waals surface area contributed by atoms with Crippen LogP contribution in [0.5, 0.6) is 5.75 Å². The van der Waals surface area contributed by atoms with Gasteiger partial charge in [-0.25, -0.2) is 9.97 Å². The molecule has 0 saturated carbocycles. The Bertz CT molecular complexity index is 1180. The fraction of sp³-hybridized carbons (Fsp3) is 0.375. The molecule has 0 bridgehead atoms. The van der Waals surface area contributed by atoms with Crippen molar-refractivity contribution < 1.29 is 14.6 Å². The molecule has 4 rings (SSSR count). The van der Waals surface area contributed by atoms with E-state index in [1.807, 2.05) is 25.1 Å². The van der Waals surface area contributed by atoms with Gasteiger partial charge in [-0.1, -0.05) is 23.2 Å². The Balaban J connectivity index is 1.42. The summed E-state index contributed by atoms with van der Waals surface area (Å²) in [7, 11) is 0. The van der Waals surface area contributed by atoms with Crippen molar-refractivity contribution in [3.8, 4) is 5.75 Å². The second-order valence-electron chi connectivity index (χ2n) is 8.16. The molecule has 0 unspecified atom stereocenters. The summed E-state index contributed by atoms with van der Waals surface area (Å²) in [6.45, 7) is 6.14. The minimum atomic E-state index is -0.308. The monoisotopic (exact) mass is 503 g/mol. The molecule has 2 N–H and O–H groups in total. The molecule has 3 aromatic rings. The van der Waals surface area contributed by atoms with Crippen molar-refractivity contribution in [2.75, 3.05) is 56.2 Å². The number of β-amino-alcohol motifs (C(OH)–C–C–N with tert-alkyl or cyclic N) is 1. The first-order valence-electron chi connectivity index (χ1n) is 11.2. The van der Waals surface area contributed by atoms with Crippen molar-refractivity contribution in [2.24, 2.45) is 0 Å². The summed E-state index contributed by atoms with van der Waals surface area (Å²) in [5.74, 6) is 0.794. The lowest BCUT2D eigenvalue weighted by Gasteiger charge is -2.22. The van der Waals surface area contributed by atoms with E-state index < -0.39 is 0 Å². The van der Waals surface area contributed by atoms with Gasteiger partial charge in [-0.2, -0.15) is 0 Å². The van der Waals surface area contributed by atoms with E-state index in [1.54, 1.807) is 18.2 Å². The summed E-state index contributed by atoms with van der Waals surface area (Å²) >= 11 is 12.0. The van der Waals surface area contributed by atoms with Crippen molar-refractivity contribution in [1.29, 1.82) is 0 Å². The third-order valence-corrected chi connectivity index (χ3v) is 6.23. The van der Waals surface area contributed by atoms with Crippen LogP contribution in [0.15, 0.2) is 36.4 Å². The molecule has 1 aliphatic heterocycles. The van der Waals surface area contributed by atoms with Crippen molar-refractivity contribution >= 4 is 51.6 Å². The highest BCUT2D eigenvalue weighted by Gasteiger charge is 2.18. The van der Waals surface area contributed by atoms with Gasteiger partial charge in [0.25, 0.3) is 5.91 Å². The fourth-order valence-electron chi connectivity index (χ4n) is 3.95. The van der Waals surface area contributed by atoms with Gasteiger partial charge in [0.15, 0.2) is 6.61 Å². The Morgan fingerprint density at radius 3 is 2.76 bits per heavy atom. The second-order valence-corrected chi connectivity index (χ2v) is 9.00. The third kappa shape index (κ3) is 6.07. The quantitative estimate of drug-likeness (QED) is 0.506. The van der Waals surface area contributed by atoms with E-state index in [4.69, 9.17) is 37.9 Å². The van der Waals surface area contributed by atoms with Crippen LogP contribution in [0.2, 0.25) is 10.0 Å². The zero-order valence-corrected chi connectivity index (χ0v) is 20.4. The Morgan fingerprint density at radius 2 is 1.97 bits per heavy atom. The number of carbonyl (C=O) groups excluding carboxylic acids is 1. The number of aliphatic hydroxyl groups excluding tert-OH is 1. The second kappa shape index (κ2) is 11.2. The average molecular weight is 504 g/mol. The van der Waals surface area contributed by atoms with E-state index in [0.717, 1.165) is 49.2 Å². The average Bonchev–Trinajstić information content (AvgIpc) is 3.05. The van der Waals surface area contributed by atoms with E-state index in [2.05, 4.69) is 15.1 Å². The predicted octanol–water partition coefficient (Wildman–Crippen LogP) is 3.77. The Kier molecular flexibility index (Phi) is 8.05. The summed E-state index contributed by atoms with van der Waals surface area (Å²) in [4.78, 5) is 26.3. The number of hydrogen-bond acceptors (Lipinski definition) is 7. The lowest BCUT2D eigenvalue weighted by Crippen LogP contribution is -2.33. The number of benzene rings is 2. The van der Waals surface area contributed by atoms with E-state index in [1.165, 1.54) is 0 Å². The van der Waals surface area contributed by atoms with Crippen molar-refractivity contribution in [3.63, 3.8) is 0 Å². The highest BCUT2D eigenvalue weighted by Crippen LogP contribution is 2.28. The highest BCUT2D eigenvalue weighted by molar-refractivity contribution is 6.35. The number of aromatic nitrogens is 2. The molecule has 180 valence electrons. The molecule has 8 nitrogen and oxygen atoms in total. The van der Waals surface area contributed by atoms with Crippen LogP contribution in [0.4, 0.5) is 11.6 Å². The zero-order valence-electron chi connectivity index (χ0n) is 18.9. The first kappa shape index (κ1) is 24.5. The maximum Gasteiger partial charge on any atom is 0.262 e. The Labute approximate surface area is 208 Å². The lowest BCUT2D eigenvalue weighted by atomic mass is 10.1. The number of ether oxygens (including phenoxy) is 1. The smallest absolute Gasteiger partial charge is 0.262 e. The summed E-state index contributed by atoms with van der Waals surface area (Å²) in [5, 5.41) is 13.8. The topological polar surface area (TPSA) is 90.8 Å². The van der Waals surface area contributed by atoms with Crippen molar-refractivity contribution in [1.82, 2.24) is 14.9 Å². The molecule has 2 heterocycles. The van der Waals surface area contributed by atoms with Gasteiger partial charge < -0.3 is 20.1 Å². The van der Waals surface area contributed by atoms with Crippen LogP contribution in [-0.2, 0) is 4.79 Å². The molecule has 10 heteroatoms. The van der Waals surface area contributed by atoms with Crippen LogP contribution in [-0.4, -0.2) is 71.8 Å². The molecule has 0 radical (unpaired) electrons. The molecule has 0 spiro atoms. The van der Waals surface area contributed by atoms with Gasteiger partial charge in [0.1, 0.15) is 5.75 Å². The number of nitrogens with zero attached hydrogens (tertiary/aromatic N) is 4. The van der Waals surface area contributed by atoms with E-state index in [0.29, 0.717) is 34.0 Å². The molecule has 1 amide bonds. The molecular weight excluding hydrogens is 477 g/mol. The fourth-order valence-corrected chi connectivity index (χ4v) is 4.42. The first-order valence-corrected chi connectivity index (χ1v) is 11.9. The number of carbonyl (C=O) groups is 1. The Hall–Kier alpha value is -2.65. The summed E-state index contributed by atoms with van der Waals surface area (Å²) in [6.07, 6.45) is 0.995. The molecule has 0 aliphatic carbocycles. The minimum absolute atomic E-state index is 0.172. The van der Waals surface area contributed by atoms with Crippen molar-refractivity contribution in [3.05, 3.63) is 52.1 Å². The number of anilines is 2. The maximum atomic E-state index is 12.4. The number of hydrogen-bond donors (Lipinski definition) is 2. The number of aryl methyl sites for hydroxylation is 1. The van der Waals surface area contributed by atoms with Crippen LogP contribution in [0, 0.1) is 6.92 Å². The molecule has 1 saturated heterocycles. The van der Waals surface area contributed by atoms with Gasteiger partial charge in [-0.05, 0) is 56.3 Å². The van der Waals surface area contributed by atoms with Crippen LogP contribution in [0.25, 0.3) is 10.9 Å². The molecule has 1 fully saturated rings. The van der Waals surface area contributed by atoms with Gasteiger partial charge in [-0.15, -0.1) is 0 Å². The molecule has 1 aromatic heterocycles. The number of fused-ring (bicyclic) bond motifs is 1. The molecule has 1 aliphatic rings. The Morgan fingerprint density at radius 1 is 1.12 bits per heavy atom. The number of aliphatic hydroxyl groups is 1. The van der Waals surface area contributed by atoms with Crippen LogP contribution in [0.1, 0.15) is 12.1 Å². The highest BCUT2D eigenvalue weighted by atomic mass is 35.5. The standard InChI is InChI=1S/C24H27Cl2N5O3/c1-16-19-14-18(28-23(33)15-34-22-6-3-17(25)13-20(22)26)4-5-21(19)29-24(27-16)31-8-2-7-30(9-10-31)11-12-32/h3-6,13-14,32H,2,7-12,15H2,1H3,(H,28,33). The van der Waals surface area contributed by atoms with Crippen LogP contribution in [0.3, 0.4) is 0 Å². The predicted molar refractivity (Wildman–Crippen MR) is 135 cm³/mol. The van der Waals surface area contributed by atoms with Gasteiger partial charge in [0.2, 0.25) is 5.95 Å². The SMILES string of the molecule is Cc1nc(N2CCCN(CCO)CC2)nc2ccc(NC(=O)COc3ccc(Cl)cc3Cl)cc12. The molecular formula is C24H27Cl2N5O3. The molecule has 0 atom stereocenters. The number of halogens is 2. The van der Waals surface area contributed by atoms with Gasteiger partial charge >= 0.3 is 0 Å². The first-order chi connectivity index (χ1) is 16.4. The largest absolute Gasteiger partial charge is 0.482 e. The lowest BCUT2D eigenvalue weighted by molar-refractivity contribution is -0.118. The number of nitrogens with one attached hydrogen (secondary N) is 1. The zero-order chi connectivity index (χ0) is 24.1.